The molecule has 17 heavy (non-hydrogen) atoms. The van der Waals surface area contributed by atoms with Crippen LogP contribution >= 0.6 is 12.2 Å². The summed E-state index contributed by atoms with van der Waals surface area (Å²) in [6.45, 7) is 7.52. The molecule has 1 aromatic heterocycles. The Balaban J connectivity index is 2.37. The molecule has 1 N–H and O–H groups in total. The zero-order valence-corrected chi connectivity index (χ0v) is 11.8. The van der Waals surface area contributed by atoms with Crippen LogP contribution in [0.5, 0.6) is 0 Å². The third-order valence-corrected chi connectivity index (χ3v) is 3.88. The third kappa shape index (κ3) is 2.39. The maximum Gasteiger partial charge on any atom is 0.226 e. The monoisotopic (exact) mass is 254 g/mol. The fraction of sp³-hybridized carbons (Fsp3) is 0.833. The van der Waals surface area contributed by atoms with Crippen LogP contribution in [-0.2, 0) is 0 Å². The maximum atomic E-state index is 5.38. The second-order valence-electron chi connectivity index (χ2n) is 5.02. The second kappa shape index (κ2) is 5.21. The first-order valence-electron chi connectivity index (χ1n) is 6.58. The highest BCUT2D eigenvalue weighted by atomic mass is 32.1. The fourth-order valence-electron chi connectivity index (χ4n) is 2.73. The second-order valence-corrected chi connectivity index (χ2v) is 5.40. The van der Waals surface area contributed by atoms with Gasteiger partial charge in [-0.1, -0.05) is 12.8 Å². The first kappa shape index (κ1) is 12.6. The number of aromatic nitrogens is 3. The molecular weight excluding hydrogens is 232 g/mol. The number of anilines is 1. The van der Waals surface area contributed by atoms with Gasteiger partial charge in [-0.15, -0.1) is 5.10 Å². The van der Waals surface area contributed by atoms with Crippen molar-refractivity contribution in [1.29, 1.82) is 0 Å². The molecule has 5 heteroatoms. The van der Waals surface area contributed by atoms with Gasteiger partial charge >= 0.3 is 0 Å². The lowest BCUT2D eigenvalue weighted by Crippen LogP contribution is -2.33. The Morgan fingerprint density at radius 1 is 1.47 bits per heavy atom. The molecule has 0 bridgehead atoms. The van der Waals surface area contributed by atoms with Gasteiger partial charge in [0.05, 0.1) is 0 Å². The molecule has 0 atom stereocenters. The Morgan fingerprint density at radius 2 is 2.12 bits per heavy atom. The van der Waals surface area contributed by atoms with E-state index in [4.69, 9.17) is 12.2 Å². The summed E-state index contributed by atoms with van der Waals surface area (Å²) in [4.78, 5) is 2.30. The number of hydrogen-bond donors (Lipinski definition) is 1. The standard InChI is InChI=1S/C12H22N4S/c1-4-15(9(2)3)11-13-14-12(17)16(11)10-7-5-6-8-10/h9-10H,4-8H2,1-3H3,(H,14,17). The summed E-state index contributed by atoms with van der Waals surface area (Å²) >= 11 is 5.38. The van der Waals surface area contributed by atoms with Gasteiger partial charge < -0.3 is 4.90 Å². The molecule has 1 saturated carbocycles. The van der Waals surface area contributed by atoms with Gasteiger partial charge in [0.1, 0.15) is 0 Å². The van der Waals surface area contributed by atoms with E-state index in [1.54, 1.807) is 0 Å². The van der Waals surface area contributed by atoms with Gasteiger partial charge in [-0.2, -0.15) is 0 Å². The molecule has 0 aromatic carbocycles. The van der Waals surface area contributed by atoms with Crippen molar-refractivity contribution >= 4 is 18.2 Å². The van der Waals surface area contributed by atoms with E-state index in [0.29, 0.717) is 12.1 Å². The quantitative estimate of drug-likeness (QED) is 0.838. The van der Waals surface area contributed by atoms with Crippen LogP contribution in [0.25, 0.3) is 0 Å². The normalized spacial score (nSPS) is 16.9. The Labute approximate surface area is 108 Å². The summed E-state index contributed by atoms with van der Waals surface area (Å²) in [5, 5.41) is 7.38. The van der Waals surface area contributed by atoms with Gasteiger partial charge in [0.15, 0.2) is 4.77 Å². The molecule has 0 unspecified atom stereocenters. The molecule has 0 spiro atoms. The van der Waals surface area contributed by atoms with E-state index in [0.717, 1.165) is 17.3 Å². The third-order valence-electron chi connectivity index (χ3n) is 3.60. The van der Waals surface area contributed by atoms with E-state index in [2.05, 4.69) is 40.4 Å². The van der Waals surface area contributed by atoms with Crippen LogP contribution in [0.3, 0.4) is 0 Å². The smallest absolute Gasteiger partial charge is 0.226 e. The first-order valence-corrected chi connectivity index (χ1v) is 6.99. The van der Waals surface area contributed by atoms with Crippen LogP contribution in [0.2, 0.25) is 0 Å². The van der Waals surface area contributed by atoms with Crippen LogP contribution in [0.4, 0.5) is 5.95 Å². The minimum Gasteiger partial charge on any atom is -0.339 e. The van der Waals surface area contributed by atoms with E-state index in [9.17, 15) is 0 Å². The average molecular weight is 254 g/mol. The van der Waals surface area contributed by atoms with Gasteiger partial charge in [0.2, 0.25) is 5.95 Å². The van der Waals surface area contributed by atoms with E-state index in [1.807, 2.05) is 0 Å². The van der Waals surface area contributed by atoms with Crippen molar-refractivity contribution < 1.29 is 0 Å². The Kier molecular flexibility index (Phi) is 3.86. The number of hydrogen-bond acceptors (Lipinski definition) is 3. The Bertz CT molecular complexity index is 414. The van der Waals surface area contributed by atoms with Crippen LogP contribution in [0, 0.1) is 4.77 Å². The van der Waals surface area contributed by atoms with Crippen molar-refractivity contribution in [2.24, 2.45) is 0 Å². The topological polar surface area (TPSA) is 36.9 Å². The van der Waals surface area contributed by atoms with E-state index in [-0.39, 0.29) is 0 Å². The highest BCUT2D eigenvalue weighted by Crippen LogP contribution is 2.32. The molecule has 1 fully saturated rings. The van der Waals surface area contributed by atoms with Crippen molar-refractivity contribution in [3.63, 3.8) is 0 Å². The first-order chi connectivity index (χ1) is 8.15. The van der Waals surface area contributed by atoms with Gasteiger partial charge in [-0.05, 0) is 45.8 Å². The van der Waals surface area contributed by atoms with Crippen LogP contribution in [-0.4, -0.2) is 27.4 Å². The summed E-state index contributed by atoms with van der Waals surface area (Å²) < 4.78 is 3.00. The van der Waals surface area contributed by atoms with Crippen molar-refractivity contribution in [3.05, 3.63) is 4.77 Å². The molecule has 1 aliphatic carbocycles. The SMILES string of the molecule is CCN(c1n[nH]c(=S)n1C1CCCC1)C(C)C. The van der Waals surface area contributed by atoms with Gasteiger partial charge in [-0.3, -0.25) is 4.57 Å². The summed E-state index contributed by atoms with van der Waals surface area (Å²) in [6.07, 6.45) is 5.09. The lowest BCUT2D eigenvalue weighted by molar-refractivity contribution is 0.500. The Morgan fingerprint density at radius 3 is 2.65 bits per heavy atom. The Hall–Kier alpha value is -0.840. The molecule has 1 aromatic rings. The number of nitrogens with zero attached hydrogens (tertiary/aromatic N) is 3. The predicted molar refractivity (Wildman–Crippen MR) is 73.1 cm³/mol. The molecule has 2 rings (SSSR count). The molecule has 0 saturated heterocycles. The summed E-state index contributed by atoms with van der Waals surface area (Å²) in [5.74, 6) is 1.01. The fourth-order valence-corrected chi connectivity index (χ4v) is 3.00. The molecule has 0 amide bonds. The maximum absolute atomic E-state index is 5.38. The number of rotatable bonds is 4. The highest BCUT2D eigenvalue weighted by Gasteiger charge is 2.24. The van der Waals surface area contributed by atoms with E-state index in [1.165, 1.54) is 25.7 Å². The molecule has 0 aliphatic heterocycles. The van der Waals surface area contributed by atoms with E-state index < -0.39 is 0 Å². The average Bonchev–Trinajstić information content (AvgIpc) is 2.88. The van der Waals surface area contributed by atoms with Crippen molar-refractivity contribution in [2.45, 2.75) is 58.5 Å². The minimum atomic E-state index is 0.449. The van der Waals surface area contributed by atoms with E-state index >= 15 is 0 Å². The number of aromatic amines is 1. The van der Waals surface area contributed by atoms with Crippen LogP contribution in [0.1, 0.15) is 52.5 Å². The minimum absolute atomic E-state index is 0.449. The number of H-pyrrole nitrogens is 1. The predicted octanol–water partition coefficient (Wildman–Crippen LogP) is 3.29. The molecular formula is C12H22N4S. The van der Waals surface area contributed by atoms with Crippen LogP contribution in [0.15, 0.2) is 0 Å². The van der Waals surface area contributed by atoms with Crippen molar-refractivity contribution in [2.75, 3.05) is 11.4 Å². The highest BCUT2D eigenvalue weighted by molar-refractivity contribution is 7.71. The molecule has 4 nitrogen and oxygen atoms in total. The summed E-state index contributed by atoms with van der Waals surface area (Å²) in [5.41, 5.74) is 0. The molecule has 96 valence electrons. The zero-order valence-electron chi connectivity index (χ0n) is 10.9. The summed E-state index contributed by atoms with van der Waals surface area (Å²) in [7, 11) is 0. The number of nitrogens with one attached hydrogen (secondary N) is 1. The lowest BCUT2D eigenvalue weighted by Gasteiger charge is -2.27. The zero-order chi connectivity index (χ0) is 12.4. The largest absolute Gasteiger partial charge is 0.339 e. The molecule has 1 aliphatic rings. The van der Waals surface area contributed by atoms with Gasteiger partial charge in [0.25, 0.3) is 0 Å². The van der Waals surface area contributed by atoms with Gasteiger partial charge in [-0.25, -0.2) is 5.10 Å². The lowest BCUT2D eigenvalue weighted by atomic mass is 10.2. The molecule has 1 heterocycles. The van der Waals surface area contributed by atoms with Gasteiger partial charge in [0, 0.05) is 18.6 Å². The van der Waals surface area contributed by atoms with Crippen LogP contribution < -0.4 is 4.90 Å². The summed E-state index contributed by atoms with van der Waals surface area (Å²) in [6, 6.07) is 0.995. The van der Waals surface area contributed by atoms with Crippen molar-refractivity contribution in [1.82, 2.24) is 14.8 Å². The van der Waals surface area contributed by atoms with Crippen molar-refractivity contribution in [3.8, 4) is 0 Å². The molecule has 0 radical (unpaired) electrons.